The summed E-state index contributed by atoms with van der Waals surface area (Å²) in [4.78, 5) is 9.32. The monoisotopic (exact) mass is 333 g/mol. The van der Waals surface area contributed by atoms with E-state index in [9.17, 15) is 0 Å². The van der Waals surface area contributed by atoms with Gasteiger partial charge < -0.3 is 4.52 Å². The fourth-order valence-electron chi connectivity index (χ4n) is 3.43. The standard InChI is InChI=1S/C16H27N7O/c1-4-23(12-16-18-13(2)24-19-16)14-6-5-8-22(9-7-14)11-15-10-17-20-21(15)3/h10,14H,4-9,11-12H2,1-3H3/t14-/m0/s1. The van der Waals surface area contributed by atoms with E-state index in [1.54, 1.807) is 0 Å². The lowest BCUT2D eigenvalue weighted by molar-refractivity contribution is 0.170. The van der Waals surface area contributed by atoms with Crippen LogP contribution in [0.2, 0.25) is 0 Å². The lowest BCUT2D eigenvalue weighted by Crippen LogP contribution is -2.36. The van der Waals surface area contributed by atoms with E-state index in [-0.39, 0.29) is 0 Å². The van der Waals surface area contributed by atoms with Crippen LogP contribution in [0.25, 0.3) is 0 Å². The lowest BCUT2D eigenvalue weighted by atomic mass is 10.1. The molecule has 8 heteroatoms. The fourth-order valence-corrected chi connectivity index (χ4v) is 3.43. The van der Waals surface area contributed by atoms with Gasteiger partial charge in [0.1, 0.15) is 0 Å². The third-order valence-corrected chi connectivity index (χ3v) is 4.82. The van der Waals surface area contributed by atoms with Gasteiger partial charge in [-0.3, -0.25) is 14.5 Å². The minimum Gasteiger partial charge on any atom is -0.340 e. The van der Waals surface area contributed by atoms with Crippen LogP contribution in [0.15, 0.2) is 10.7 Å². The summed E-state index contributed by atoms with van der Waals surface area (Å²) < 4.78 is 6.96. The van der Waals surface area contributed by atoms with Crippen LogP contribution in [0.4, 0.5) is 0 Å². The zero-order valence-corrected chi connectivity index (χ0v) is 14.9. The van der Waals surface area contributed by atoms with E-state index in [1.807, 2.05) is 24.9 Å². The van der Waals surface area contributed by atoms with E-state index in [1.165, 1.54) is 18.5 Å². The molecule has 0 aliphatic carbocycles. The van der Waals surface area contributed by atoms with Gasteiger partial charge in [0.15, 0.2) is 5.82 Å². The smallest absolute Gasteiger partial charge is 0.223 e. The van der Waals surface area contributed by atoms with E-state index < -0.39 is 0 Å². The molecule has 24 heavy (non-hydrogen) atoms. The predicted molar refractivity (Wildman–Crippen MR) is 89.0 cm³/mol. The van der Waals surface area contributed by atoms with Crippen molar-refractivity contribution in [1.82, 2.24) is 34.9 Å². The van der Waals surface area contributed by atoms with Gasteiger partial charge in [-0.15, -0.1) is 5.10 Å². The Kier molecular flexibility index (Phi) is 5.57. The summed E-state index contributed by atoms with van der Waals surface area (Å²) in [5.74, 6) is 1.43. The van der Waals surface area contributed by atoms with Gasteiger partial charge in [-0.05, 0) is 32.4 Å². The second-order valence-corrected chi connectivity index (χ2v) is 6.50. The molecule has 8 nitrogen and oxygen atoms in total. The highest BCUT2D eigenvalue weighted by Gasteiger charge is 2.23. The van der Waals surface area contributed by atoms with Crippen molar-refractivity contribution in [2.45, 2.75) is 52.2 Å². The first-order valence-corrected chi connectivity index (χ1v) is 8.75. The molecule has 0 amide bonds. The Morgan fingerprint density at radius 3 is 2.88 bits per heavy atom. The minimum atomic E-state index is 0.573. The maximum absolute atomic E-state index is 5.10. The Labute approximate surface area is 142 Å². The summed E-state index contributed by atoms with van der Waals surface area (Å²) in [5.41, 5.74) is 1.17. The molecule has 0 saturated carbocycles. The van der Waals surface area contributed by atoms with Crippen LogP contribution in [-0.2, 0) is 20.1 Å². The first kappa shape index (κ1) is 17.0. The molecule has 1 aliphatic rings. The van der Waals surface area contributed by atoms with Gasteiger partial charge in [0, 0.05) is 33.1 Å². The Morgan fingerprint density at radius 1 is 1.33 bits per heavy atom. The normalized spacial score (nSPS) is 19.8. The summed E-state index contributed by atoms with van der Waals surface area (Å²) in [5, 5.41) is 12.0. The van der Waals surface area contributed by atoms with Crippen LogP contribution in [0.1, 0.15) is 43.6 Å². The third-order valence-electron chi connectivity index (χ3n) is 4.82. The van der Waals surface area contributed by atoms with Crippen LogP contribution in [-0.4, -0.2) is 60.6 Å². The van der Waals surface area contributed by atoms with Crippen LogP contribution in [0.3, 0.4) is 0 Å². The molecule has 3 heterocycles. The molecule has 1 saturated heterocycles. The molecule has 1 fully saturated rings. The molecule has 0 spiro atoms. The summed E-state index contributed by atoms with van der Waals surface area (Å²) in [7, 11) is 1.95. The van der Waals surface area contributed by atoms with E-state index in [2.05, 4.69) is 37.2 Å². The molecular formula is C16H27N7O. The number of hydrogen-bond acceptors (Lipinski definition) is 7. The number of aryl methyl sites for hydroxylation is 2. The number of likely N-dealkylation sites (tertiary alicyclic amines) is 1. The Bertz CT molecular complexity index is 638. The molecule has 0 N–H and O–H groups in total. The van der Waals surface area contributed by atoms with Crippen molar-refractivity contribution in [3.05, 3.63) is 23.6 Å². The first-order chi connectivity index (χ1) is 11.7. The molecule has 132 valence electrons. The largest absolute Gasteiger partial charge is 0.340 e. The maximum atomic E-state index is 5.10. The SMILES string of the molecule is CCN(Cc1noc(C)n1)[C@H]1CCCN(Cc2cnnn2C)CC1. The number of aromatic nitrogens is 5. The molecule has 2 aromatic rings. The highest BCUT2D eigenvalue weighted by atomic mass is 16.5. The molecule has 1 aliphatic heterocycles. The molecular weight excluding hydrogens is 306 g/mol. The molecule has 0 bridgehead atoms. The summed E-state index contributed by atoms with van der Waals surface area (Å²) >= 11 is 0. The molecule has 0 radical (unpaired) electrons. The minimum absolute atomic E-state index is 0.573. The molecule has 2 aromatic heterocycles. The first-order valence-electron chi connectivity index (χ1n) is 8.75. The van der Waals surface area contributed by atoms with Crippen molar-refractivity contribution < 1.29 is 4.52 Å². The third kappa shape index (κ3) is 4.18. The maximum Gasteiger partial charge on any atom is 0.223 e. The van der Waals surface area contributed by atoms with Gasteiger partial charge >= 0.3 is 0 Å². The number of nitrogens with zero attached hydrogens (tertiary/aromatic N) is 7. The highest BCUT2D eigenvalue weighted by Crippen LogP contribution is 2.19. The Balaban J connectivity index is 1.56. The van der Waals surface area contributed by atoms with Gasteiger partial charge in [0.05, 0.1) is 18.4 Å². The van der Waals surface area contributed by atoms with Crippen molar-refractivity contribution in [2.75, 3.05) is 19.6 Å². The molecule has 0 aromatic carbocycles. The molecule has 0 unspecified atom stereocenters. The van der Waals surface area contributed by atoms with Gasteiger partial charge in [-0.1, -0.05) is 17.3 Å². The zero-order valence-electron chi connectivity index (χ0n) is 14.9. The van der Waals surface area contributed by atoms with Gasteiger partial charge in [0.2, 0.25) is 5.89 Å². The zero-order chi connectivity index (χ0) is 16.9. The molecule has 3 rings (SSSR count). The van der Waals surface area contributed by atoms with E-state index in [0.29, 0.717) is 11.9 Å². The van der Waals surface area contributed by atoms with Gasteiger partial charge in [-0.25, -0.2) is 0 Å². The van der Waals surface area contributed by atoms with Crippen molar-refractivity contribution in [3.8, 4) is 0 Å². The van der Waals surface area contributed by atoms with Crippen LogP contribution in [0.5, 0.6) is 0 Å². The van der Waals surface area contributed by atoms with Crippen molar-refractivity contribution in [3.63, 3.8) is 0 Å². The van der Waals surface area contributed by atoms with Crippen molar-refractivity contribution in [1.29, 1.82) is 0 Å². The highest BCUT2D eigenvalue weighted by molar-refractivity contribution is 4.94. The topological polar surface area (TPSA) is 76.1 Å². The lowest BCUT2D eigenvalue weighted by Gasteiger charge is -2.29. The van der Waals surface area contributed by atoms with E-state index in [0.717, 1.165) is 45.0 Å². The van der Waals surface area contributed by atoms with Crippen LogP contribution in [0, 0.1) is 6.92 Å². The number of rotatable bonds is 6. The quantitative estimate of drug-likeness (QED) is 0.790. The fraction of sp³-hybridized carbons (Fsp3) is 0.750. The summed E-state index contributed by atoms with van der Waals surface area (Å²) in [6.45, 7) is 8.96. The van der Waals surface area contributed by atoms with Crippen LogP contribution < -0.4 is 0 Å². The van der Waals surface area contributed by atoms with Crippen molar-refractivity contribution >= 4 is 0 Å². The van der Waals surface area contributed by atoms with Crippen molar-refractivity contribution in [2.24, 2.45) is 7.05 Å². The van der Waals surface area contributed by atoms with E-state index in [4.69, 9.17) is 4.52 Å². The Hall–Kier alpha value is -1.80. The van der Waals surface area contributed by atoms with Gasteiger partial charge in [0.25, 0.3) is 0 Å². The van der Waals surface area contributed by atoms with Gasteiger partial charge in [-0.2, -0.15) is 4.98 Å². The van der Waals surface area contributed by atoms with E-state index >= 15 is 0 Å². The number of hydrogen-bond donors (Lipinski definition) is 0. The average Bonchev–Trinajstić information content (AvgIpc) is 3.08. The second-order valence-electron chi connectivity index (χ2n) is 6.50. The Morgan fingerprint density at radius 2 is 2.21 bits per heavy atom. The van der Waals surface area contributed by atoms with Crippen LogP contribution >= 0.6 is 0 Å². The average molecular weight is 333 g/mol. The second kappa shape index (κ2) is 7.85. The summed E-state index contributed by atoms with van der Waals surface area (Å²) in [6, 6.07) is 0.573. The predicted octanol–water partition coefficient (Wildman–Crippen LogP) is 1.38. The molecule has 1 atom stereocenters. The summed E-state index contributed by atoms with van der Waals surface area (Å²) in [6.07, 6.45) is 5.44.